The van der Waals surface area contributed by atoms with Crippen LogP contribution in [0, 0.1) is 5.92 Å². The first kappa shape index (κ1) is 27.2. The SMILES string of the molecule is CCCCn1c(=O)n(Cc2cccc(OC)c2)c2cc(-c3nc4cc(C(=O)OC)ccc4n3CC(C)C)ccc21. The molecule has 2 aromatic heterocycles. The second-order valence-corrected chi connectivity index (χ2v) is 10.6. The van der Waals surface area contributed by atoms with Crippen LogP contribution in [0.25, 0.3) is 33.5 Å². The monoisotopic (exact) mass is 540 g/mol. The lowest BCUT2D eigenvalue weighted by molar-refractivity contribution is 0.0601. The van der Waals surface area contributed by atoms with Gasteiger partial charge in [-0.05, 0) is 66.4 Å². The fourth-order valence-electron chi connectivity index (χ4n) is 5.24. The lowest BCUT2D eigenvalue weighted by atomic mass is 10.1. The van der Waals surface area contributed by atoms with Gasteiger partial charge in [0.2, 0.25) is 0 Å². The van der Waals surface area contributed by atoms with Crippen molar-refractivity contribution in [2.45, 2.75) is 53.2 Å². The van der Waals surface area contributed by atoms with Crippen LogP contribution in [0.5, 0.6) is 5.75 Å². The van der Waals surface area contributed by atoms with E-state index in [4.69, 9.17) is 14.5 Å². The van der Waals surface area contributed by atoms with Gasteiger partial charge in [-0.2, -0.15) is 0 Å². The molecule has 0 aliphatic rings. The van der Waals surface area contributed by atoms with Crippen molar-refractivity contribution in [3.05, 3.63) is 82.3 Å². The molecule has 5 rings (SSSR count). The molecule has 0 saturated carbocycles. The van der Waals surface area contributed by atoms with Gasteiger partial charge in [0.05, 0.1) is 48.4 Å². The number of hydrogen-bond acceptors (Lipinski definition) is 5. The van der Waals surface area contributed by atoms with E-state index in [0.717, 1.165) is 64.2 Å². The van der Waals surface area contributed by atoms with Crippen LogP contribution in [0.4, 0.5) is 0 Å². The van der Waals surface area contributed by atoms with E-state index in [9.17, 15) is 9.59 Å². The number of imidazole rings is 2. The topological polar surface area (TPSA) is 80.3 Å². The van der Waals surface area contributed by atoms with Crippen LogP contribution < -0.4 is 10.4 Å². The zero-order valence-corrected chi connectivity index (χ0v) is 23.8. The molecule has 0 aliphatic heterocycles. The van der Waals surface area contributed by atoms with Gasteiger partial charge >= 0.3 is 11.7 Å². The maximum Gasteiger partial charge on any atom is 0.337 e. The number of fused-ring (bicyclic) bond motifs is 2. The lowest BCUT2D eigenvalue weighted by Crippen LogP contribution is -2.24. The Balaban J connectivity index is 1.69. The Labute approximate surface area is 233 Å². The molecule has 8 heteroatoms. The predicted molar refractivity (Wildman–Crippen MR) is 158 cm³/mol. The van der Waals surface area contributed by atoms with Crippen LogP contribution in [-0.2, 0) is 24.4 Å². The Kier molecular flexibility index (Phi) is 7.78. The molecule has 0 fully saturated rings. The summed E-state index contributed by atoms with van der Waals surface area (Å²) < 4.78 is 16.3. The fourth-order valence-corrected chi connectivity index (χ4v) is 5.24. The van der Waals surface area contributed by atoms with Gasteiger partial charge in [0.1, 0.15) is 11.6 Å². The van der Waals surface area contributed by atoms with Crippen molar-refractivity contribution in [3.8, 4) is 17.1 Å². The molecule has 0 radical (unpaired) electrons. The highest BCUT2D eigenvalue weighted by Crippen LogP contribution is 2.30. The Bertz CT molecular complexity index is 1740. The minimum absolute atomic E-state index is 0.0261. The van der Waals surface area contributed by atoms with E-state index >= 15 is 0 Å². The number of carbonyl (C=O) groups is 1. The second kappa shape index (κ2) is 11.4. The molecular weight excluding hydrogens is 504 g/mol. The van der Waals surface area contributed by atoms with Crippen molar-refractivity contribution in [2.75, 3.05) is 14.2 Å². The summed E-state index contributed by atoms with van der Waals surface area (Å²) in [6.07, 6.45) is 1.92. The number of benzene rings is 3. The van der Waals surface area contributed by atoms with Crippen molar-refractivity contribution in [3.63, 3.8) is 0 Å². The maximum atomic E-state index is 13.7. The van der Waals surface area contributed by atoms with Gasteiger partial charge in [0.15, 0.2) is 0 Å². The van der Waals surface area contributed by atoms with Gasteiger partial charge in [-0.1, -0.05) is 39.3 Å². The van der Waals surface area contributed by atoms with Crippen molar-refractivity contribution < 1.29 is 14.3 Å². The Morgan fingerprint density at radius 2 is 1.73 bits per heavy atom. The number of aryl methyl sites for hydroxylation is 1. The number of ether oxygens (including phenoxy) is 2. The number of rotatable bonds is 10. The van der Waals surface area contributed by atoms with Gasteiger partial charge in [-0.15, -0.1) is 0 Å². The number of unbranched alkanes of at least 4 members (excludes halogenated alkanes) is 1. The summed E-state index contributed by atoms with van der Waals surface area (Å²) >= 11 is 0. The van der Waals surface area contributed by atoms with Gasteiger partial charge in [-0.25, -0.2) is 14.6 Å². The lowest BCUT2D eigenvalue weighted by Gasteiger charge is -2.12. The van der Waals surface area contributed by atoms with Crippen LogP contribution in [0.3, 0.4) is 0 Å². The van der Waals surface area contributed by atoms with Crippen molar-refractivity contribution >= 4 is 28.0 Å². The van der Waals surface area contributed by atoms with Crippen molar-refractivity contribution in [1.82, 2.24) is 18.7 Å². The fraction of sp³-hybridized carbons (Fsp3) is 0.344. The number of aromatic nitrogens is 4. The first-order valence-electron chi connectivity index (χ1n) is 13.8. The third kappa shape index (κ3) is 5.13. The van der Waals surface area contributed by atoms with E-state index in [-0.39, 0.29) is 5.69 Å². The Hall–Kier alpha value is -4.33. The average molecular weight is 541 g/mol. The Morgan fingerprint density at radius 3 is 2.45 bits per heavy atom. The molecule has 0 unspecified atom stereocenters. The van der Waals surface area contributed by atoms with E-state index in [1.54, 1.807) is 19.2 Å². The van der Waals surface area contributed by atoms with Gasteiger partial charge in [-0.3, -0.25) is 9.13 Å². The first-order chi connectivity index (χ1) is 19.3. The molecular formula is C32H36N4O4. The minimum Gasteiger partial charge on any atom is -0.497 e. The smallest absolute Gasteiger partial charge is 0.337 e. The van der Waals surface area contributed by atoms with Crippen LogP contribution >= 0.6 is 0 Å². The Morgan fingerprint density at radius 1 is 0.925 bits per heavy atom. The summed E-state index contributed by atoms with van der Waals surface area (Å²) in [5.74, 6) is 1.55. The number of esters is 1. The van der Waals surface area contributed by atoms with Gasteiger partial charge in [0.25, 0.3) is 0 Å². The summed E-state index contributed by atoms with van der Waals surface area (Å²) in [5.41, 5.74) is 5.79. The summed E-state index contributed by atoms with van der Waals surface area (Å²) in [5, 5.41) is 0. The quantitative estimate of drug-likeness (QED) is 0.199. The second-order valence-electron chi connectivity index (χ2n) is 10.6. The first-order valence-corrected chi connectivity index (χ1v) is 13.8. The van der Waals surface area contributed by atoms with E-state index in [1.165, 1.54) is 7.11 Å². The predicted octanol–water partition coefficient (Wildman–Crippen LogP) is 6.12. The zero-order chi connectivity index (χ0) is 28.4. The molecule has 5 aromatic rings. The molecule has 2 heterocycles. The largest absolute Gasteiger partial charge is 0.497 e. The van der Waals surface area contributed by atoms with Crippen LogP contribution in [0.15, 0.2) is 65.5 Å². The number of carbonyl (C=O) groups excluding carboxylic acids is 1. The number of nitrogens with zero attached hydrogens (tertiary/aromatic N) is 4. The maximum absolute atomic E-state index is 13.7. The highest BCUT2D eigenvalue weighted by atomic mass is 16.5. The van der Waals surface area contributed by atoms with E-state index in [0.29, 0.717) is 24.6 Å². The normalized spacial score (nSPS) is 11.6. The molecule has 208 valence electrons. The summed E-state index contributed by atoms with van der Waals surface area (Å²) in [4.78, 5) is 30.9. The third-order valence-corrected chi connectivity index (χ3v) is 7.20. The van der Waals surface area contributed by atoms with Crippen molar-refractivity contribution in [1.29, 1.82) is 0 Å². The van der Waals surface area contributed by atoms with Gasteiger partial charge in [0, 0.05) is 18.7 Å². The van der Waals surface area contributed by atoms with E-state index in [1.807, 2.05) is 51.6 Å². The summed E-state index contributed by atoms with van der Waals surface area (Å²) in [6, 6.07) is 19.4. The molecule has 40 heavy (non-hydrogen) atoms. The molecule has 0 saturated heterocycles. The molecule has 0 N–H and O–H groups in total. The zero-order valence-electron chi connectivity index (χ0n) is 23.8. The molecule has 0 amide bonds. The van der Waals surface area contributed by atoms with Crippen LogP contribution in [0.2, 0.25) is 0 Å². The molecule has 8 nitrogen and oxygen atoms in total. The highest BCUT2D eigenvalue weighted by Gasteiger charge is 2.19. The highest BCUT2D eigenvalue weighted by molar-refractivity contribution is 5.94. The molecule has 0 atom stereocenters. The molecule has 0 bridgehead atoms. The number of methoxy groups -OCH3 is 2. The van der Waals surface area contributed by atoms with Crippen LogP contribution in [0.1, 0.15) is 49.5 Å². The van der Waals surface area contributed by atoms with Crippen LogP contribution in [-0.4, -0.2) is 38.9 Å². The third-order valence-electron chi connectivity index (χ3n) is 7.20. The molecule has 0 aliphatic carbocycles. The van der Waals surface area contributed by atoms with Crippen molar-refractivity contribution in [2.24, 2.45) is 5.92 Å². The minimum atomic E-state index is -0.391. The van der Waals surface area contributed by atoms with Gasteiger partial charge < -0.3 is 14.0 Å². The summed E-state index contributed by atoms with van der Waals surface area (Å²) in [6.45, 7) is 8.32. The standard InChI is InChI=1S/C32H36N4O4/c1-6-7-15-34-28-14-11-23(18-29(28)36(32(34)38)20-22-9-8-10-25(16-22)39-4)30-33-26-17-24(31(37)40-5)12-13-27(26)35(30)19-21(2)3/h8-14,16-18,21H,6-7,15,19-20H2,1-5H3. The summed E-state index contributed by atoms with van der Waals surface area (Å²) in [7, 11) is 3.02. The van der Waals surface area contributed by atoms with E-state index in [2.05, 4.69) is 31.4 Å². The van der Waals surface area contributed by atoms with E-state index < -0.39 is 5.97 Å². The average Bonchev–Trinajstić information content (AvgIpc) is 3.44. The molecule has 0 spiro atoms. The molecule has 3 aromatic carbocycles. The number of hydrogen-bond donors (Lipinski definition) is 0.